The summed E-state index contributed by atoms with van der Waals surface area (Å²) in [6, 6.07) is 32.1. The maximum atomic E-state index is 10.6. The van der Waals surface area contributed by atoms with Gasteiger partial charge in [0, 0.05) is 12.3 Å². The molecule has 3 aromatic carbocycles. The van der Waals surface area contributed by atoms with Crippen LogP contribution in [0.5, 0.6) is 0 Å². The summed E-state index contributed by atoms with van der Waals surface area (Å²) < 4.78 is 31.5. The van der Waals surface area contributed by atoms with Gasteiger partial charge in [0.25, 0.3) is 0 Å². The number of hydrogen-bond acceptors (Lipinski definition) is 3. The molecule has 0 bridgehead atoms. The minimum Gasteiger partial charge on any atom is -0.475 e. The number of aliphatic carboxylic acids is 1. The molecule has 0 aromatic heterocycles. The Morgan fingerprint density at radius 3 is 1.30 bits per heavy atom. The van der Waals surface area contributed by atoms with Crippen molar-refractivity contribution in [3.8, 4) is 0 Å². The fraction of sp³-hybridized carbons (Fsp3) is 0.174. The van der Waals surface area contributed by atoms with E-state index in [9.17, 15) is 13.2 Å². The molecule has 3 N–H and O–H groups in total. The van der Waals surface area contributed by atoms with Gasteiger partial charge in [0.1, 0.15) is 0 Å². The summed E-state index contributed by atoms with van der Waals surface area (Å²) in [5.74, 6) is -1.86. The van der Waals surface area contributed by atoms with E-state index in [-0.39, 0.29) is 4.75 Å². The average molecular weight is 433 g/mol. The van der Waals surface area contributed by atoms with Gasteiger partial charge >= 0.3 is 12.1 Å². The van der Waals surface area contributed by atoms with E-state index in [1.165, 1.54) is 16.7 Å². The Labute approximate surface area is 177 Å². The third kappa shape index (κ3) is 5.87. The van der Waals surface area contributed by atoms with Crippen LogP contribution in [-0.4, -0.2) is 29.5 Å². The molecule has 158 valence electrons. The third-order valence-electron chi connectivity index (χ3n) is 4.22. The van der Waals surface area contributed by atoms with Gasteiger partial charge < -0.3 is 10.8 Å². The van der Waals surface area contributed by atoms with Crippen LogP contribution in [-0.2, 0) is 9.54 Å². The molecular weight excluding hydrogens is 411 g/mol. The van der Waals surface area contributed by atoms with Gasteiger partial charge in [-0.3, -0.25) is 0 Å². The fourth-order valence-electron chi connectivity index (χ4n) is 2.98. The first-order valence-electron chi connectivity index (χ1n) is 9.13. The van der Waals surface area contributed by atoms with Gasteiger partial charge in [0.05, 0.1) is 4.75 Å². The van der Waals surface area contributed by atoms with Crippen LogP contribution < -0.4 is 5.73 Å². The number of halogens is 3. The molecule has 30 heavy (non-hydrogen) atoms. The van der Waals surface area contributed by atoms with Crippen LogP contribution in [0.4, 0.5) is 13.2 Å². The van der Waals surface area contributed by atoms with Gasteiger partial charge in [-0.15, -0.1) is 11.8 Å². The van der Waals surface area contributed by atoms with E-state index in [1.54, 1.807) is 0 Å². The van der Waals surface area contributed by atoms with Crippen LogP contribution in [0.1, 0.15) is 16.7 Å². The molecule has 0 radical (unpaired) electrons. The Bertz CT molecular complexity index is 807. The normalized spacial score (nSPS) is 11.3. The van der Waals surface area contributed by atoms with E-state index in [1.807, 2.05) is 11.8 Å². The van der Waals surface area contributed by atoms with Crippen LogP contribution in [0.25, 0.3) is 0 Å². The summed E-state index contributed by atoms with van der Waals surface area (Å²) in [7, 11) is 0. The molecular formula is C23H22F3NO2S. The highest BCUT2D eigenvalue weighted by Gasteiger charge is 2.38. The van der Waals surface area contributed by atoms with Crippen molar-refractivity contribution in [1.82, 2.24) is 0 Å². The molecule has 0 saturated carbocycles. The van der Waals surface area contributed by atoms with Gasteiger partial charge in [-0.1, -0.05) is 91.0 Å². The highest BCUT2D eigenvalue weighted by molar-refractivity contribution is 8.00. The largest absolute Gasteiger partial charge is 0.490 e. The number of nitrogens with two attached hydrogens (primary N) is 1. The van der Waals surface area contributed by atoms with Gasteiger partial charge in [0.15, 0.2) is 0 Å². The molecule has 0 aliphatic rings. The SMILES string of the molecule is NCCSC(c1ccccc1)(c1ccccc1)c1ccccc1.O=C(O)C(F)(F)F. The lowest BCUT2D eigenvalue weighted by atomic mass is 9.84. The summed E-state index contributed by atoms with van der Waals surface area (Å²) in [5.41, 5.74) is 9.71. The number of carboxylic acid groups (broad SMARTS) is 1. The predicted octanol–water partition coefficient (Wildman–Crippen LogP) is 5.30. The van der Waals surface area contributed by atoms with E-state index in [0.29, 0.717) is 6.54 Å². The zero-order chi connectivity index (χ0) is 22.0. The van der Waals surface area contributed by atoms with Gasteiger partial charge in [-0.25, -0.2) is 4.79 Å². The Morgan fingerprint density at radius 1 is 0.767 bits per heavy atom. The summed E-state index contributed by atoms with van der Waals surface area (Å²) in [6.07, 6.45) is -5.08. The van der Waals surface area contributed by atoms with Gasteiger partial charge in [-0.05, 0) is 16.7 Å². The average Bonchev–Trinajstić information content (AvgIpc) is 2.76. The molecule has 0 aliphatic heterocycles. The lowest BCUT2D eigenvalue weighted by Crippen LogP contribution is -2.27. The van der Waals surface area contributed by atoms with E-state index < -0.39 is 12.1 Å². The second kappa shape index (κ2) is 10.8. The maximum absolute atomic E-state index is 10.6. The summed E-state index contributed by atoms with van der Waals surface area (Å²) in [4.78, 5) is 8.90. The van der Waals surface area contributed by atoms with Crippen molar-refractivity contribution in [2.75, 3.05) is 12.3 Å². The van der Waals surface area contributed by atoms with Crippen LogP contribution >= 0.6 is 11.8 Å². The fourth-order valence-corrected chi connectivity index (χ4v) is 4.31. The van der Waals surface area contributed by atoms with Crippen molar-refractivity contribution in [3.63, 3.8) is 0 Å². The topological polar surface area (TPSA) is 63.3 Å². The molecule has 0 aliphatic carbocycles. The van der Waals surface area contributed by atoms with E-state index in [2.05, 4.69) is 91.0 Å². The predicted molar refractivity (Wildman–Crippen MR) is 114 cm³/mol. The number of hydrogen-bond donors (Lipinski definition) is 2. The number of alkyl halides is 3. The Hall–Kier alpha value is -2.77. The summed E-state index contributed by atoms with van der Waals surface area (Å²) >= 11 is 1.90. The highest BCUT2D eigenvalue weighted by Crippen LogP contribution is 2.48. The highest BCUT2D eigenvalue weighted by atomic mass is 32.2. The Morgan fingerprint density at radius 2 is 1.07 bits per heavy atom. The van der Waals surface area contributed by atoms with Gasteiger partial charge in [-0.2, -0.15) is 13.2 Å². The maximum Gasteiger partial charge on any atom is 0.490 e. The molecule has 3 rings (SSSR count). The standard InChI is InChI=1S/C21H21NS.C2HF3O2/c22-16-17-23-21(18-10-4-1-5-11-18,19-12-6-2-7-13-19)20-14-8-3-9-15-20;3-2(4,5)1(6)7/h1-15H,16-17,22H2;(H,6,7). The zero-order valence-corrected chi connectivity index (χ0v) is 16.9. The first kappa shape index (κ1) is 23.5. The van der Waals surface area contributed by atoms with E-state index in [0.717, 1.165) is 5.75 Å². The Balaban J connectivity index is 0.000000396. The van der Waals surface area contributed by atoms with Crippen molar-refractivity contribution in [1.29, 1.82) is 0 Å². The smallest absolute Gasteiger partial charge is 0.475 e. The minimum atomic E-state index is -5.08. The molecule has 0 saturated heterocycles. The molecule has 0 amide bonds. The lowest BCUT2D eigenvalue weighted by molar-refractivity contribution is -0.192. The zero-order valence-electron chi connectivity index (χ0n) is 16.0. The summed E-state index contributed by atoms with van der Waals surface area (Å²) in [5, 5.41) is 7.12. The van der Waals surface area contributed by atoms with Crippen LogP contribution in [0.3, 0.4) is 0 Å². The van der Waals surface area contributed by atoms with Gasteiger partial charge in [0.2, 0.25) is 0 Å². The van der Waals surface area contributed by atoms with E-state index in [4.69, 9.17) is 15.6 Å². The molecule has 7 heteroatoms. The van der Waals surface area contributed by atoms with Crippen molar-refractivity contribution < 1.29 is 23.1 Å². The Kier molecular flexibility index (Phi) is 8.50. The van der Waals surface area contributed by atoms with Crippen molar-refractivity contribution in [2.45, 2.75) is 10.9 Å². The van der Waals surface area contributed by atoms with Crippen molar-refractivity contribution in [2.24, 2.45) is 5.73 Å². The molecule has 0 fully saturated rings. The minimum absolute atomic E-state index is 0.233. The molecule has 0 spiro atoms. The van der Waals surface area contributed by atoms with E-state index >= 15 is 0 Å². The molecule has 0 heterocycles. The van der Waals surface area contributed by atoms with Crippen molar-refractivity contribution in [3.05, 3.63) is 108 Å². The monoisotopic (exact) mass is 433 g/mol. The number of carbonyl (C=O) groups is 1. The second-order valence-corrected chi connectivity index (χ2v) is 7.53. The molecule has 0 atom stereocenters. The molecule has 3 nitrogen and oxygen atoms in total. The molecule has 0 unspecified atom stereocenters. The summed E-state index contributed by atoms with van der Waals surface area (Å²) in [6.45, 7) is 0.666. The second-order valence-electron chi connectivity index (χ2n) is 6.22. The quantitative estimate of drug-likeness (QED) is 0.518. The van der Waals surface area contributed by atoms with Crippen LogP contribution in [0, 0.1) is 0 Å². The number of thioether (sulfide) groups is 1. The van der Waals surface area contributed by atoms with Crippen molar-refractivity contribution >= 4 is 17.7 Å². The number of benzene rings is 3. The third-order valence-corrected chi connectivity index (χ3v) is 5.80. The van der Waals surface area contributed by atoms with Crippen LogP contribution in [0.2, 0.25) is 0 Å². The first-order valence-corrected chi connectivity index (χ1v) is 10.1. The number of rotatable bonds is 6. The first-order chi connectivity index (χ1) is 14.3. The molecule has 3 aromatic rings. The number of carboxylic acids is 1. The van der Waals surface area contributed by atoms with Crippen LogP contribution in [0.15, 0.2) is 91.0 Å². The lowest BCUT2D eigenvalue weighted by Gasteiger charge is -2.35.